The quantitative estimate of drug-likeness (QED) is 0.240. The first-order valence-electron chi connectivity index (χ1n) is 12.9. The number of fused-ring (bicyclic) bond motifs is 2. The molecule has 0 spiro atoms. The molecular formula is C33H29N3. The zero-order chi connectivity index (χ0) is 24.2. The number of H-pyrrole nitrogens is 1. The van der Waals surface area contributed by atoms with Crippen molar-refractivity contribution in [2.24, 2.45) is 0 Å². The van der Waals surface area contributed by atoms with Gasteiger partial charge in [0.25, 0.3) is 0 Å². The Bertz CT molecular complexity index is 1780. The van der Waals surface area contributed by atoms with Crippen molar-refractivity contribution in [2.45, 2.75) is 38.6 Å². The van der Waals surface area contributed by atoms with E-state index >= 15 is 0 Å². The van der Waals surface area contributed by atoms with Gasteiger partial charge >= 0.3 is 0 Å². The Morgan fingerprint density at radius 2 is 1.78 bits per heavy atom. The first kappa shape index (κ1) is 21.2. The summed E-state index contributed by atoms with van der Waals surface area (Å²) in [5, 5.41) is 13.9. The number of nitrogens with zero attached hydrogens (tertiary/aromatic N) is 1. The van der Waals surface area contributed by atoms with Gasteiger partial charge in [0.2, 0.25) is 0 Å². The predicted octanol–water partition coefficient (Wildman–Crippen LogP) is 8.25. The van der Waals surface area contributed by atoms with Crippen LogP contribution in [-0.2, 0) is 19.4 Å². The number of nitrogens with one attached hydrogen (secondary N) is 2. The lowest BCUT2D eigenvalue weighted by Crippen LogP contribution is -2.11. The molecule has 3 nitrogen and oxygen atoms in total. The Morgan fingerprint density at radius 3 is 2.69 bits per heavy atom. The van der Waals surface area contributed by atoms with Gasteiger partial charge in [-0.05, 0) is 76.9 Å². The Labute approximate surface area is 210 Å². The summed E-state index contributed by atoms with van der Waals surface area (Å²) in [5.41, 5.74) is 9.75. The summed E-state index contributed by atoms with van der Waals surface area (Å²) in [7, 11) is 0. The average molecular weight is 468 g/mol. The molecule has 0 amide bonds. The summed E-state index contributed by atoms with van der Waals surface area (Å²) in [5.74, 6) is 0.0577. The van der Waals surface area contributed by atoms with Crippen LogP contribution < -0.4 is 0 Å². The molecule has 176 valence electrons. The van der Waals surface area contributed by atoms with E-state index in [2.05, 4.69) is 101 Å². The first-order valence-corrected chi connectivity index (χ1v) is 12.9. The molecule has 36 heavy (non-hydrogen) atoms. The van der Waals surface area contributed by atoms with Crippen LogP contribution in [0.1, 0.15) is 36.0 Å². The van der Waals surface area contributed by atoms with E-state index in [4.69, 9.17) is 5.41 Å². The summed E-state index contributed by atoms with van der Waals surface area (Å²) >= 11 is 0. The highest BCUT2D eigenvalue weighted by atomic mass is 15.0. The Morgan fingerprint density at radius 1 is 0.944 bits per heavy atom. The molecule has 7 rings (SSSR count). The number of rotatable bonds is 5. The van der Waals surface area contributed by atoms with Gasteiger partial charge in [0.1, 0.15) is 0 Å². The maximum atomic E-state index is 8.76. The van der Waals surface area contributed by atoms with Gasteiger partial charge in [0.15, 0.2) is 0 Å². The molecule has 2 N–H and O–H groups in total. The van der Waals surface area contributed by atoms with E-state index in [-0.39, 0.29) is 5.92 Å². The van der Waals surface area contributed by atoms with Gasteiger partial charge in [-0.3, -0.25) is 0 Å². The monoisotopic (exact) mass is 467 g/mol. The fraction of sp³-hybridized carbons (Fsp3) is 0.182. The van der Waals surface area contributed by atoms with Gasteiger partial charge in [-0.2, -0.15) is 0 Å². The van der Waals surface area contributed by atoms with E-state index in [0.717, 1.165) is 30.6 Å². The van der Waals surface area contributed by atoms with E-state index in [1.165, 1.54) is 61.3 Å². The lowest BCUT2D eigenvalue weighted by molar-refractivity contribution is 0.633. The average Bonchev–Trinajstić information content (AvgIpc) is 3.49. The van der Waals surface area contributed by atoms with Crippen molar-refractivity contribution in [3.8, 4) is 11.1 Å². The van der Waals surface area contributed by atoms with Crippen molar-refractivity contribution in [1.82, 2.24) is 9.55 Å². The normalized spacial score (nSPS) is 14.0. The number of benzene rings is 4. The first-order chi connectivity index (χ1) is 17.7. The molecule has 0 aliphatic carbocycles. The molecule has 1 aliphatic heterocycles. The molecule has 2 aromatic heterocycles. The third-order valence-electron chi connectivity index (χ3n) is 8.05. The van der Waals surface area contributed by atoms with E-state index in [1.807, 2.05) is 6.92 Å². The fourth-order valence-corrected chi connectivity index (χ4v) is 6.27. The van der Waals surface area contributed by atoms with Gasteiger partial charge < -0.3 is 15.0 Å². The van der Waals surface area contributed by atoms with Crippen LogP contribution in [0.5, 0.6) is 0 Å². The number of hydrogen-bond donors (Lipinski definition) is 2. The van der Waals surface area contributed by atoms with Crippen LogP contribution in [0.15, 0.2) is 91.3 Å². The van der Waals surface area contributed by atoms with Crippen LogP contribution in [-0.4, -0.2) is 15.3 Å². The lowest BCUT2D eigenvalue weighted by atomic mass is 9.87. The molecule has 1 atom stereocenters. The van der Waals surface area contributed by atoms with Crippen molar-refractivity contribution < 1.29 is 0 Å². The van der Waals surface area contributed by atoms with Crippen LogP contribution in [0.3, 0.4) is 0 Å². The molecule has 0 saturated carbocycles. The van der Waals surface area contributed by atoms with Crippen LogP contribution in [0.2, 0.25) is 0 Å². The van der Waals surface area contributed by atoms with Crippen LogP contribution in [0.25, 0.3) is 43.7 Å². The molecule has 3 heterocycles. The molecule has 4 aromatic carbocycles. The highest BCUT2D eigenvalue weighted by molar-refractivity contribution is 6.00. The second-order valence-electron chi connectivity index (χ2n) is 10.2. The Balaban J connectivity index is 1.33. The zero-order valence-electron chi connectivity index (χ0n) is 20.5. The SMILES string of the molecule is CC(=N)C(Cc1c[nH]c2ccc(-c3cccc4ccccc34)cc12)c1cn2c3c(cccc13)CCC2. The molecule has 3 heteroatoms. The van der Waals surface area contributed by atoms with Crippen LogP contribution >= 0.6 is 0 Å². The Hall–Kier alpha value is -4.11. The number of aryl methyl sites for hydroxylation is 2. The Kier molecular flexibility index (Phi) is 4.85. The van der Waals surface area contributed by atoms with Crippen molar-refractivity contribution in [3.05, 3.63) is 108 Å². The molecule has 1 unspecified atom stereocenters. The minimum absolute atomic E-state index is 0.0577. The smallest absolute Gasteiger partial charge is 0.0515 e. The molecule has 6 aromatic rings. The van der Waals surface area contributed by atoms with Gasteiger partial charge in [-0.15, -0.1) is 0 Å². The summed E-state index contributed by atoms with van der Waals surface area (Å²) in [6, 6.07) is 28.6. The van der Waals surface area contributed by atoms with Gasteiger partial charge in [-0.25, -0.2) is 0 Å². The number of aromatic nitrogens is 2. The second-order valence-corrected chi connectivity index (χ2v) is 10.2. The molecule has 0 saturated heterocycles. The predicted molar refractivity (Wildman–Crippen MR) is 151 cm³/mol. The number of hydrogen-bond acceptors (Lipinski definition) is 1. The zero-order valence-corrected chi connectivity index (χ0v) is 20.5. The molecule has 0 bridgehead atoms. The number of para-hydroxylation sites is 1. The standard InChI is InChI=1S/C33H29N3/c1-21(34)29(31-20-36-16-6-10-23-9-5-13-28(31)33(23)36)18-25-19-35-32-15-14-24(17-30(25)32)27-12-4-8-22-7-2-3-11-26(22)27/h2-5,7-9,11-15,17,19-20,29,34-35H,6,10,16,18H2,1H3. The summed E-state index contributed by atoms with van der Waals surface area (Å²) in [6.07, 6.45) is 7.63. The minimum atomic E-state index is 0.0577. The topological polar surface area (TPSA) is 44.6 Å². The number of aromatic amines is 1. The van der Waals surface area contributed by atoms with Crippen molar-refractivity contribution in [3.63, 3.8) is 0 Å². The highest BCUT2D eigenvalue weighted by Gasteiger charge is 2.24. The minimum Gasteiger partial charge on any atom is -0.361 e. The molecular weight excluding hydrogens is 438 g/mol. The molecule has 0 fully saturated rings. The summed E-state index contributed by atoms with van der Waals surface area (Å²) in [6.45, 7) is 3.03. The fourth-order valence-electron chi connectivity index (χ4n) is 6.27. The maximum absolute atomic E-state index is 8.76. The molecule has 1 aliphatic rings. The van der Waals surface area contributed by atoms with Crippen LogP contribution in [0.4, 0.5) is 0 Å². The van der Waals surface area contributed by atoms with Gasteiger partial charge in [-0.1, -0.05) is 66.7 Å². The van der Waals surface area contributed by atoms with Crippen molar-refractivity contribution in [1.29, 1.82) is 5.41 Å². The third-order valence-corrected chi connectivity index (χ3v) is 8.05. The van der Waals surface area contributed by atoms with Gasteiger partial charge in [0, 0.05) is 46.9 Å². The van der Waals surface area contributed by atoms with Gasteiger partial charge in [0.05, 0.1) is 5.52 Å². The van der Waals surface area contributed by atoms with E-state index in [9.17, 15) is 0 Å². The third kappa shape index (κ3) is 3.30. The van der Waals surface area contributed by atoms with E-state index in [0.29, 0.717) is 0 Å². The summed E-state index contributed by atoms with van der Waals surface area (Å²) < 4.78 is 2.42. The second kappa shape index (κ2) is 8.23. The lowest BCUT2D eigenvalue weighted by Gasteiger charge is -2.16. The van der Waals surface area contributed by atoms with E-state index in [1.54, 1.807) is 0 Å². The van der Waals surface area contributed by atoms with Crippen LogP contribution in [0, 0.1) is 5.41 Å². The van der Waals surface area contributed by atoms with Crippen molar-refractivity contribution >= 4 is 38.3 Å². The maximum Gasteiger partial charge on any atom is 0.0515 e. The molecule has 0 radical (unpaired) electrons. The van der Waals surface area contributed by atoms with Crippen molar-refractivity contribution in [2.75, 3.05) is 0 Å². The summed E-state index contributed by atoms with van der Waals surface area (Å²) in [4.78, 5) is 3.50. The largest absolute Gasteiger partial charge is 0.361 e. The van der Waals surface area contributed by atoms with E-state index < -0.39 is 0 Å². The highest BCUT2D eigenvalue weighted by Crippen LogP contribution is 2.37.